The molecule has 74 valence electrons. The molecule has 0 spiro atoms. The van der Waals surface area contributed by atoms with Crippen molar-refractivity contribution >= 4 is 11.3 Å². The van der Waals surface area contributed by atoms with E-state index in [0.29, 0.717) is 5.41 Å². The quantitative estimate of drug-likeness (QED) is 0.764. The molecule has 0 saturated heterocycles. The molecule has 0 saturated carbocycles. The van der Waals surface area contributed by atoms with Gasteiger partial charge in [0.2, 0.25) is 0 Å². The van der Waals surface area contributed by atoms with Gasteiger partial charge < -0.3 is 5.32 Å². The van der Waals surface area contributed by atoms with Crippen LogP contribution in [-0.4, -0.2) is 6.54 Å². The molecule has 1 aromatic heterocycles. The van der Waals surface area contributed by atoms with Crippen molar-refractivity contribution in [3.63, 3.8) is 0 Å². The summed E-state index contributed by atoms with van der Waals surface area (Å²) < 4.78 is 0. The summed E-state index contributed by atoms with van der Waals surface area (Å²) in [6, 6.07) is 2.18. The summed E-state index contributed by atoms with van der Waals surface area (Å²) in [7, 11) is 0. The molecule has 0 radical (unpaired) electrons. The van der Waals surface area contributed by atoms with Crippen LogP contribution in [0.5, 0.6) is 0 Å². The van der Waals surface area contributed by atoms with Crippen LogP contribution in [0.15, 0.2) is 16.8 Å². The lowest BCUT2D eigenvalue weighted by Gasteiger charge is -2.22. The van der Waals surface area contributed by atoms with Gasteiger partial charge in [-0.2, -0.15) is 11.3 Å². The van der Waals surface area contributed by atoms with Gasteiger partial charge in [0.25, 0.3) is 0 Å². The molecule has 0 bridgehead atoms. The van der Waals surface area contributed by atoms with Gasteiger partial charge in [0, 0.05) is 13.1 Å². The van der Waals surface area contributed by atoms with Crippen LogP contribution in [0.3, 0.4) is 0 Å². The van der Waals surface area contributed by atoms with Crippen LogP contribution in [0.4, 0.5) is 0 Å². The Morgan fingerprint density at radius 3 is 2.77 bits per heavy atom. The van der Waals surface area contributed by atoms with Gasteiger partial charge in [0.1, 0.15) is 0 Å². The standard InChI is InChI=1S/C11H19NS/c1-4-11(2,3)9-12-7-10-5-6-13-8-10/h5-6,8,12H,4,7,9H2,1-3H3. The van der Waals surface area contributed by atoms with Crippen molar-refractivity contribution in [1.82, 2.24) is 5.32 Å². The maximum atomic E-state index is 3.49. The monoisotopic (exact) mass is 197 g/mol. The highest BCUT2D eigenvalue weighted by Crippen LogP contribution is 2.18. The fourth-order valence-electron chi connectivity index (χ4n) is 1.06. The van der Waals surface area contributed by atoms with Gasteiger partial charge in [0.15, 0.2) is 0 Å². The van der Waals surface area contributed by atoms with Crippen molar-refractivity contribution in [3.8, 4) is 0 Å². The van der Waals surface area contributed by atoms with E-state index in [1.807, 2.05) is 0 Å². The summed E-state index contributed by atoms with van der Waals surface area (Å²) in [4.78, 5) is 0. The minimum atomic E-state index is 0.427. The van der Waals surface area contributed by atoms with Crippen LogP contribution in [0.1, 0.15) is 32.8 Å². The molecule has 13 heavy (non-hydrogen) atoms. The fraction of sp³-hybridized carbons (Fsp3) is 0.636. The van der Waals surface area contributed by atoms with Gasteiger partial charge in [-0.25, -0.2) is 0 Å². The molecular formula is C11H19NS. The molecule has 1 N–H and O–H groups in total. The average Bonchev–Trinajstić information content (AvgIpc) is 2.57. The Labute approximate surface area is 85.2 Å². The van der Waals surface area contributed by atoms with E-state index >= 15 is 0 Å². The first-order chi connectivity index (χ1) is 6.14. The highest BCUT2D eigenvalue weighted by Gasteiger charge is 2.13. The molecule has 0 amide bonds. The van der Waals surface area contributed by atoms with E-state index in [0.717, 1.165) is 13.1 Å². The summed E-state index contributed by atoms with van der Waals surface area (Å²) in [5, 5.41) is 7.81. The Hall–Kier alpha value is -0.340. The topological polar surface area (TPSA) is 12.0 Å². The molecule has 0 aliphatic heterocycles. The minimum Gasteiger partial charge on any atom is -0.312 e. The predicted molar refractivity (Wildman–Crippen MR) is 60.1 cm³/mol. The van der Waals surface area contributed by atoms with Gasteiger partial charge in [-0.3, -0.25) is 0 Å². The third-order valence-electron chi connectivity index (χ3n) is 2.47. The van der Waals surface area contributed by atoms with Crippen molar-refractivity contribution < 1.29 is 0 Å². The third-order valence-corrected chi connectivity index (χ3v) is 3.20. The van der Waals surface area contributed by atoms with Gasteiger partial charge in [-0.1, -0.05) is 20.8 Å². The molecule has 1 nitrogen and oxygen atoms in total. The second-order valence-electron chi connectivity index (χ2n) is 4.25. The average molecular weight is 197 g/mol. The van der Waals surface area contributed by atoms with E-state index in [9.17, 15) is 0 Å². The number of thiophene rings is 1. The Bertz CT molecular complexity index is 226. The Kier molecular flexibility index (Phi) is 3.94. The molecule has 0 aliphatic rings. The summed E-state index contributed by atoms with van der Waals surface area (Å²) >= 11 is 1.76. The normalized spacial score (nSPS) is 11.9. The minimum absolute atomic E-state index is 0.427. The molecule has 0 fully saturated rings. The molecule has 0 unspecified atom stereocenters. The molecule has 1 aromatic rings. The number of rotatable bonds is 5. The summed E-state index contributed by atoms with van der Waals surface area (Å²) in [6.45, 7) is 8.94. The highest BCUT2D eigenvalue weighted by molar-refractivity contribution is 7.07. The molecule has 2 heteroatoms. The molecule has 1 heterocycles. The van der Waals surface area contributed by atoms with E-state index in [1.165, 1.54) is 12.0 Å². The van der Waals surface area contributed by atoms with Crippen molar-refractivity contribution in [2.24, 2.45) is 5.41 Å². The number of hydrogen-bond donors (Lipinski definition) is 1. The zero-order valence-corrected chi connectivity index (χ0v) is 9.58. The van der Waals surface area contributed by atoms with Gasteiger partial charge in [0.05, 0.1) is 0 Å². The molecule has 0 aliphatic carbocycles. The summed E-state index contributed by atoms with van der Waals surface area (Å²) in [5.74, 6) is 0. The zero-order chi connectivity index (χ0) is 9.73. The lowest BCUT2D eigenvalue weighted by molar-refractivity contribution is 0.328. The smallest absolute Gasteiger partial charge is 0.0213 e. The SMILES string of the molecule is CCC(C)(C)CNCc1ccsc1. The Balaban J connectivity index is 2.21. The van der Waals surface area contributed by atoms with E-state index in [-0.39, 0.29) is 0 Å². The van der Waals surface area contributed by atoms with Crippen molar-refractivity contribution in [3.05, 3.63) is 22.4 Å². The summed E-state index contributed by atoms with van der Waals surface area (Å²) in [5.41, 5.74) is 1.83. The van der Waals surface area contributed by atoms with Crippen LogP contribution in [0, 0.1) is 5.41 Å². The van der Waals surface area contributed by atoms with Gasteiger partial charge in [-0.15, -0.1) is 0 Å². The first-order valence-electron chi connectivity index (χ1n) is 4.86. The Morgan fingerprint density at radius 2 is 2.23 bits per heavy atom. The zero-order valence-electron chi connectivity index (χ0n) is 8.76. The largest absolute Gasteiger partial charge is 0.312 e. The van der Waals surface area contributed by atoms with Crippen LogP contribution >= 0.6 is 11.3 Å². The number of hydrogen-bond acceptors (Lipinski definition) is 2. The molecule has 1 rings (SSSR count). The molecular weight excluding hydrogens is 178 g/mol. The van der Waals surface area contributed by atoms with Crippen LogP contribution < -0.4 is 5.32 Å². The van der Waals surface area contributed by atoms with Gasteiger partial charge >= 0.3 is 0 Å². The number of nitrogens with one attached hydrogen (secondary N) is 1. The third kappa shape index (κ3) is 3.92. The van der Waals surface area contributed by atoms with Crippen LogP contribution in [-0.2, 0) is 6.54 Å². The second-order valence-corrected chi connectivity index (χ2v) is 5.03. The van der Waals surface area contributed by atoms with Gasteiger partial charge in [-0.05, 0) is 34.2 Å². The van der Waals surface area contributed by atoms with Crippen molar-refractivity contribution in [2.45, 2.75) is 33.7 Å². The second kappa shape index (κ2) is 4.77. The van der Waals surface area contributed by atoms with E-state index in [4.69, 9.17) is 0 Å². The maximum Gasteiger partial charge on any atom is 0.0213 e. The van der Waals surface area contributed by atoms with E-state index < -0.39 is 0 Å². The Morgan fingerprint density at radius 1 is 1.46 bits per heavy atom. The predicted octanol–water partition coefficient (Wildman–Crippen LogP) is 3.27. The van der Waals surface area contributed by atoms with E-state index in [1.54, 1.807) is 11.3 Å². The van der Waals surface area contributed by atoms with Crippen molar-refractivity contribution in [1.29, 1.82) is 0 Å². The molecule has 0 atom stereocenters. The first-order valence-corrected chi connectivity index (χ1v) is 5.80. The van der Waals surface area contributed by atoms with E-state index in [2.05, 4.69) is 42.9 Å². The summed E-state index contributed by atoms with van der Waals surface area (Å²) in [6.07, 6.45) is 1.23. The maximum absolute atomic E-state index is 3.49. The lowest BCUT2D eigenvalue weighted by Crippen LogP contribution is -2.28. The fourth-order valence-corrected chi connectivity index (χ4v) is 1.73. The van der Waals surface area contributed by atoms with Crippen molar-refractivity contribution in [2.75, 3.05) is 6.54 Å². The van der Waals surface area contributed by atoms with Crippen LogP contribution in [0.25, 0.3) is 0 Å². The van der Waals surface area contributed by atoms with Crippen LogP contribution in [0.2, 0.25) is 0 Å². The molecule has 0 aromatic carbocycles. The highest BCUT2D eigenvalue weighted by atomic mass is 32.1. The lowest BCUT2D eigenvalue weighted by atomic mass is 9.90. The first kappa shape index (κ1) is 10.7.